The van der Waals surface area contributed by atoms with Crippen LogP contribution in [0.25, 0.3) is 10.8 Å². The monoisotopic (exact) mass is 360 g/mol. The molecule has 2 aromatic rings. The first kappa shape index (κ1) is 17.0. The van der Waals surface area contributed by atoms with E-state index in [9.17, 15) is 4.79 Å². The van der Waals surface area contributed by atoms with Crippen LogP contribution in [0, 0.1) is 0 Å². The Morgan fingerprint density at radius 3 is 2.59 bits per heavy atom. The first-order valence-electron chi connectivity index (χ1n) is 6.53. The van der Waals surface area contributed by atoms with Crippen molar-refractivity contribution in [3.8, 4) is 0 Å². The van der Waals surface area contributed by atoms with Crippen LogP contribution >= 0.6 is 34.8 Å². The first-order valence-corrected chi connectivity index (χ1v) is 7.66. The predicted molar refractivity (Wildman–Crippen MR) is 92.0 cm³/mol. The van der Waals surface area contributed by atoms with E-state index in [0.717, 1.165) is 16.5 Å². The maximum atomic E-state index is 11.6. The minimum atomic E-state index is -1.61. The highest BCUT2D eigenvalue weighted by Crippen LogP contribution is 2.26. The van der Waals surface area contributed by atoms with Crippen LogP contribution in [0.15, 0.2) is 42.5 Å². The number of amides is 1. The van der Waals surface area contributed by atoms with Gasteiger partial charge in [-0.05, 0) is 11.5 Å². The largest absolute Gasteiger partial charge is 0.445 e. The van der Waals surface area contributed by atoms with Gasteiger partial charge in [0.05, 0.1) is 6.67 Å². The Balaban J connectivity index is 1.97. The molecule has 0 aliphatic carbocycles. The van der Waals surface area contributed by atoms with Crippen LogP contribution in [-0.2, 0) is 4.74 Å². The Kier molecular flexibility index (Phi) is 5.62. The Hall–Kier alpha value is -1.36. The topological polar surface area (TPSA) is 41.6 Å². The number of anilines is 1. The van der Waals surface area contributed by atoms with Crippen molar-refractivity contribution < 1.29 is 9.53 Å². The number of rotatable bonds is 4. The minimum absolute atomic E-state index is 0.271. The van der Waals surface area contributed by atoms with Crippen LogP contribution in [0.5, 0.6) is 0 Å². The summed E-state index contributed by atoms with van der Waals surface area (Å²) in [6.45, 7) is -0.0336. The molecule has 0 aliphatic heterocycles. The molecule has 0 spiro atoms. The van der Waals surface area contributed by atoms with Gasteiger partial charge in [0.2, 0.25) is 3.79 Å². The van der Waals surface area contributed by atoms with Gasteiger partial charge in [0.15, 0.2) is 0 Å². The Labute approximate surface area is 143 Å². The van der Waals surface area contributed by atoms with Crippen LogP contribution in [0.1, 0.15) is 0 Å². The van der Waals surface area contributed by atoms with E-state index in [1.807, 2.05) is 54.4 Å². The molecule has 0 saturated heterocycles. The molecular formula is C15H15Cl3N2O2. The molecule has 0 saturated carbocycles. The summed E-state index contributed by atoms with van der Waals surface area (Å²) in [7, 11) is 1.87. The third-order valence-corrected chi connectivity index (χ3v) is 3.33. The molecule has 0 aromatic heterocycles. The number of nitrogens with one attached hydrogen (secondary N) is 1. The first-order chi connectivity index (χ1) is 10.4. The lowest BCUT2D eigenvalue weighted by Gasteiger charge is -2.22. The maximum absolute atomic E-state index is 11.6. The van der Waals surface area contributed by atoms with Crippen molar-refractivity contribution in [3.63, 3.8) is 0 Å². The van der Waals surface area contributed by atoms with Crippen molar-refractivity contribution in [2.24, 2.45) is 0 Å². The Morgan fingerprint density at radius 2 is 1.86 bits per heavy atom. The number of alkyl halides is 3. The second kappa shape index (κ2) is 7.27. The molecule has 22 heavy (non-hydrogen) atoms. The van der Waals surface area contributed by atoms with Gasteiger partial charge in [-0.1, -0.05) is 71.2 Å². The molecule has 0 atom stereocenters. The van der Waals surface area contributed by atoms with E-state index in [2.05, 4.69) is 5.32 Å². The fraction of sp³-hybridized carbons (Fsp3) is 0.267. The van der Waals surface area contributed by atoms with Crippen LogP contribution in [-0.4, -0.2) is 30.2 Å². The standard InChI is InChI=1S/C15H15Cl3N2O2/c1-20(10-19-14(21)22-9-15(16,17)18)13-8-4-6-11-5-2-3-7-12(11)13/h2-8H,9-10H2,1H3,(H,19,21). The molecule has 4 nitrogen and oxygen atoms in total. The Bertz CT molecular complexity index is 653. The molecule has 2 rings (SSSR count). The van der Waals surface area contributed by atoms with Crippen molar-refractivity contribution >= 4 is 57.4 Å². The summed E-state index contributed by atoms with van der Waals surface area (Å²) in [5, 5.41) is 4.84. The third-order valence-electron chi connectivity index (χ3n) is 3.01. The highest BCUT2D eigenvalue weighted by Gasteiger charge is 2.22. The van der Waals surface area contributed by atoms with Crippen molar-refractivity contribution in [2.45, 2.75) is 3.79 Å². The van der Waals surface area contributed by atoms with Crippen molar-refractivity contribution in [1.82, 2.24) is 5.32 Å². The molecule has 1 N–H and O–H groups in total. The quantitative estimate of drug-likeness (QED) is 0.651. The third kappa shape index (κ3) is 4.83. The number of carbonyl (C=O) groups excluding carboxylic acids is 1. The number of ether oxygens (including phenoxy) is 1. The molecule has 0 heterocycles. The molecular weight excluding hydrogens is 347 g/mol. The molecule has 0 aliphatic rings. The van der Waals surface area contributed by atoms with Gasteiger partial charge in [-0.15, -0.1) is 0 Å². The molecule has 0 fully saturated rings. The fourth-order valence-corrected chi connectivity index (χ4v) is 2.17. The number of nitrogens with zero attached hydrogens (tertiary/aromatic N) is 1. The van der Waals surface area contributed by atoms with E-state index >= 15 is 0 Å². The SMILES string of the molecule is CN(CNC(=O)OCC(Cl)(Cl)Cl)c1cccc2ccccc12. The average Bonchev–Trinajstić information content (AvgIpc) is 2.49. The second-order valence-electron chi connectivity index (χ2n) is 4.72. The molecule has 2 aromatic carbocycles. The van der Waals surface area contributed by atoms with E-state index in [-0.39, 0.29) is 13.3 Å². The van der Waals surface area contributed by atoms with E-state index in [1.165, 1.54) is 0 Å². The number of hydrogen-bond acceptors (Lipinski definition) is 3. The summed E-state index contributed by atoms with van der Waals surface area (Å²) in [4.78, 5) is 13.5. The molecule has 0 unspecified atom stereocenters. The smallest absolute Gasteiger partial charge is 0.408 e. The van der Waals surface area contributed by atoms with Crippen LogP contribution in [0.3, 0.4) is 0 Å². The molecule has 0 bridgehead atoms. The highest BCUT2D eigenvalue weighted by atomic mass is 35.6. The predicted octanol–water partition coefficient (Wildman–Crippen LogP) is 4.33. The number of fused-ring (bicyclic) bond motifs is 1. The summed E-state index contributed by atoms with van der Waals surface area (Å²) in [5.74, 6) is 0. The van der Waals surface area contributed by atoms with Crippen LogP contribution in [0.2, 0.25) is 0 Å². The zero-order valence-electron chi connectivity index (χ0n) is 11.9. The summed E-state index contributed by atoms with van der Waals surface area (Å²) >= 11 is 16.5. The lowest BCUT2D eigenvalue weighted by atomic mass is 10.1. The normalized spacial score (nSPS) is 11.3. The van der Waals surface area contributed by atoms with Crippen LogP contribution in [0.4, 0.5) is 10.5 Å². The summed E-state index contributed by atoms with van der Waals surface area (Å²) < 4.78 is 3.20. The van der Waals surface area contributed by atoms with Gasteiger partial charge >= 0.3 is 6.09 Å². The molecule has 0 radical (unpaired) electrons. The number of halogens is 3. The second-order valence-corrected chi connectivity index (χ2v) is 7.24. The van der Waals surface area contributed by atoms with Crippen molar-refractivity contribution in [1.29, 1.82) is 0 Å². The van der Waals surface area contributed by atoms with Gasteiger partial charge in [-0.2, -0.15) is 0 Å². The van der Waals surface area contributed by atoms with Crippen molar-refractivity contribution in [3.05, 3.63) is 42.5 Å². The summed E-state index contributed by atoms with van der Waals surface area (Å²) in [5.41, 5.74) is 1.000. The van der Waals surface area contributed by atoms with Gasteiger partial charge in [-0.3, -0.25) is 0 Å². The molecule has 118 valence electrons. The lowest BCUT2D eigenvalue weighted by Crippen LogP contribution is -2.36. The molecule has 7 heteroatoms. The summed E-state index contributed by atoms with van der Waals surface area (Å²) in [6, 6.07) is 14.0. The highest BCUT2D eigenvalue weighted by molar-refractivity contribution is 6.67. The summed E-state index contributed by atoms with van der Waals surface area (Å²) in [6.07, 6.45) is -0.640. The zero-order valence-corrected chi connectivity index (χ0v) is 14.1. The number of hydrogen-bond donors (Lipinski definition) is 1. The fourth-order valence-electron chi connectivity index (χ4n) is 2.01. The van der Waals surface area contributed by atoms with Crippen LogP contribution < -0.4 is 10.2 Å². The van der Waals surface area contributed by atoms with E-state index in [0.29, 0.717) is 0 Å². The van der Waals surface area contributed by atoms with Gasteiger partial charge in [0.1, 0.15) is 6.61 Å². The zero-order chi connectivity index (χ0) is 16.2. The number of carbonyl (C=O) groups is 1. The average molecular weight is 362 g/mol. The van der Waals surface area contributed by atoms with E-state index in [4.69, 9.17) is 39.5 Å². The van der Waals surface area contributed by atoms with E-state index in [1.54, 1.807) is 0 Å². The van der Waals surface area contributed by atoms with Gasteiger partial charge in [-0.25, -0.2) is 4.79 Å². The van der Waals surface area contributed by atoms with Gasteiger partial charge in [0.25, 0.3) is 0 Å². The van der Waals surface area contributed by atoms with Gasteiger partial charge < -0.3 is 15.0 Å². The van der Waals surface area contributed by atoms with E-state index < -0.39 is 9.89 Å². The molecule has 1 amide bonds. The number of benzene rings is 2. The van der Waals surface area contributed by atoms with Gasteiger partial charge in [0, 0.05) is 18.1 Å². The van der Waals surface area contributed by atoms with Crippen molar-refractivity contribution in [2.75, 3.05) is 25.2 Å². The minimum Gasteiger partial charge on any atom is -0.445 e. The maximum Gasteiger partial charge on any atom is 0.408 e. The lowest BCUT2D eigenvalue weighted by molar-refractivity contribution is 0.148. The number of alkyl carbamates (subject to hydrolysis) is 1. The Morgan fingerprint density at radius 1 is 1.18 bits per heavy atom.